The summed E-state index contributed by atoms with van der Waals surface area (Å²) in [5.74, 6) is 0.775. The van der Waals surface area contributed by atoms with Crippen LogP contribution in [0.1, 0.15) is 12.1 Å². The molecule has 1 aliphatic heterocycles. The van der Waals surface area contributed by atoms with Gasteiger partial charge in [-0.3, -0.25) is 4.90 Å². The second kappa shape index (κ2) is 5.49. The number of nitrogens with zero attached hydrogens (tertiary/aromatic N) is 3. The third kappa shape index (κ3) is 2.91. The molecule has 2 aromatic rings. The maximum Gasteiger partial charge on any atom is 0.137 e. The Morgan fingerprint density at radius 3 is 3.16 bits per heavy atom. The summed E-state index contributed by atoms with van der Waals surface area (Å²) < 4.78 is 2.00. The number of rotatable bonds is 4. The zero-order valence-electron chi connectivity index (χ0n) is 11.1. The van der Waals surface area contributed by atoms with Gasteiger partial charge in [0.1, 0.15) is 5.65 Å². The maximum atomic E-state index is 5.99. The van der Waals surface area contributed by atoms with Gasteiger partial charge >= 0.3 is 0 Å². The molecule has 0 saturated carbocycles. The fourth-order valence-corrected chi connectivity index (χ4v) is 3.00. The van der Waals surface area contributed by atoms with Crippen molar-refractivity contribution in [3.63, 3.8) is 0 Å². The van der Waals surface area contributed by atoms with Gasteiger partial charge in [-0.25, -0.2) is 4.98 Å². The van der Waals surface area contributed by atoms with Crippen molar-refractivity contribution in [2.45, 2.75) is 13.0 Å². The van der Waals surface area contributed by atoms with Gasteiger partial charge < -0.3 is 9.72 Å². The van der Waals surface area contributed by atoms with Crippen molar-refractivity contribution in [1.29, 1.82) is 0 Å². The Balaban J connectivity index is 1.68. The smallest absolute Gasteiger partial charge is 0.137 e. The first kappa shape index (κ1) is 12.9. The summed E-state index contributed by atoms with van der Waals surface area (Å²) >= 11 is 5.99. The number of halogens is 1. The Labute approximate surface area is 118 Å². The minimum Gasteiger partial charge on any atom is -0.319 e. The minimum atomic E-state index is 0.742. The molecule has 3 heterocycles. The van der Waals surface area contributed by atoms with Crippen LogP contribution >= 0.6 is 11.6 Å². The van der Waals surface area contributed by atoms with Crippen molar-refractivity contribution in [2.75, 3.05) is 26.7 Å². The molecule has 0 spiro atoms. The van der Waals surface area contributed by atoms with E-state index in [2.05, 4.69) is 21.4 Å². The Kier molecular flexibility index (Phi) is 3.73. The van der Waals surface area contributed by atoms with Crippen LogP contribution in [-0.4, -0.2) is 41.0 Å². The minimum absolute atomic E-state index is 0.742. The highest BCUT2D eigenvalue weighted by molar-refractivity contribution is 6.30. The van der Waals surface area contributed by atoms with Gasteiger partial charge in [0.05, 0.1) is 10.7 Å². The van der Waals surface area contributed by atoms with E-state index < -0.39 is 0 Å². The quantitative estimate of drug-likeness (QED) is 0.929. The number of likely N-dealkylation sites (tertiary alicyclic amines) is 1. The summed E-state index contributed by atoms with van der Waals surface area (Å²) in [7, 11) is 2.02. The second-order valence-electron chi connectivity index (χ2n) is 5.29. The van der Waals surface area contributed by atoms with E-state index in [0.29, 0.717) is 0 Å². The van der Waals surface area contributed by atoms with Crippen molar-refractivity contribution in [3.05, 3.63) is 35.2 Å². The Morgan fingerprint density at radius 1 is 1.42 bits per heavy atom. The van der Waals surface area contributed by atoms with Crippen LogP contribution in [0.2, 0.25) is 5.02 Å². The van der Waals surface area contributed by atoms with Crippen LogP contribution in [0.25, 0.3) is 5.65 Å². The van der Waals surface area contributed by atoms with Crippen LogP contribution in [-0.2, 0) is 6.54 Å². The van der Waals surface area contributed by atoms with Crippen LogP contribution in [0.15, 0.2) is 24.5 Å². The molecule has 0 amide bonds. The number of nitrogens with one attached hydrogen (secondary N) is 1. The van der Waals surface area contributed by atoms with Crippen molar-refractivity contribution < 1.29 is 0 Å². The zero-order valence-corrected chi connectivity index (χ0v) is 11.9. The van der Waals surface area contributed by atoms with E-state index in [1.165, 1.54) is 13.0 Å². The van der Waals surface area contributed by atoms with Gasteiger partial charge in [0.2, 0.25) is 0 Å². The average molecular weight is 279 g/mol. The first-order valence-corrected chi connectivity index (χ1v) is 7.12. The molecule has 0 aromatic carbocycles. The second-order valence-corrected chi connectivity index (χ2v) is 5.73. The van der Waals surface area contributed by atoms with E-state index in [-0.39, 0.29) is 0 Å². The lowest BCUT2D eigenvalue weighted by Crippen LogP contribution is -2.24. The molecule has 1 N–H and O–H groups in total. The first-order valence-electron chi connectivity index (χ1n) is 6.74. The molecular formula is C14H19ClN4. The molecule has 1 aliphatic rings. The molecule has 1 unspecified atom stereocenters. The molecule has 5 heteroatoms. The number of hydrogen-bond donors (Lipinski definition) is 1. The highest BCUT2D eigenvalue weighted by Crippen LogP contribution is 2.18. The largest absolute Gasteiger partial charge is 0.319 e. The van der Waals surface area contributed by atoms with Gasteiger partial charge in [-0.1, -0.05) is 11.6 Å². The lowest BCUT2D eigenvalue weighted by molar-refractivity contribution is 0.312. The summed E-state index contributed by atoms with van der Waals surface area (Å²) in [5, 5.41) is 4.00. The molecule has 19 heavy (non-hydrogen) atoms. The van der Waals surface area contributed by atoms with Crippen molar-refractivity contribution in [2.24, 2.45) is 5.92 Å². The molecule has 0 aliphatic carbocycles. The van der Waals surface area contributed by atoms with Gasteiger partial charge in [-0.2, -0.15) is 0 Å². The average Bonchev–Trinajstić information content (AvgIpc) is 2.96. The maximum absolute atomic E-state index is 5.99. The fourth-order valence-electron chi connectivity index (χ4n) is 2.83. The molecule has 0 radical (unpaired) electrons. The Bertz CT molecular complexity index is 566. The SMILES string of the molecule is CNCC1CCN(Cc2cn3cc(Cl)ccc3n2)C1. The monoisotopic (exact) mass is 278 g/mol. The van der Waals surface area contributed by atoms with E-state index in [9.17, 15) is 0 Å². The number of pyridine rings is 1. The lowest BCUT2D eigenvalue weighted by atomic mass is 10.1. The van der Waals surface area contributed by atoms with E-state index in [1.807, 2.05) is 29.8 Å². The number of imidazole rings is 1. The van der Waals surface area contributed by atoms with Gasteiger partial charge in [-0.15, -0.1) is 0 Å². The summed E-state index contributed by atoms with van der Waals surface area (Å²) in [6.07, 6.45) is 5.26. The van der Waals surface area contributed by atoms with Crippen molar-refractivity contribution in [3.8, 4) is 0 Å². The molecule has 3 rings (SSSR count). The Hall–Kier alpha value is -1.10. The molecule has 2 aromatic heterocycles. The normalized spacial score (nSPS) is 20.4. The van der Waals surface area contributed by atoms with Gasteiger partial charge in [-0.05, 0) is 44.6 Å². The topological polar surface area (TPSA) is 32.6 Å². The summed E-state index contributed by atoms with van der Waals surface area (Å²) in [6.45, 7) is 4.37. The van der Waals surface area contributed by atoms with Crippen LogP contribution in [0.3, 0.4) is 0 Å². The molecule has 1 fully saturated rings. The van der Waals surface area contributed by atoms with Crippen LogP contribution in [0.4, 0.5) is 0 Å². The van der Waals surface area contributed by atoms with Crippen molar-refractivity contribution in [1.82, 2.24) is 19.6 Å². The van der Waals surface area contributed by atoms with Gasteiger partial charge in [0.15, 0.2) is 0 Å². The summed E-state index contributed by atoms with van der Waals surface area (Å²) in [6, 6.07) is 3.84. The van der Waals surface area contributed by atoms with E-state index >= 15 is 0 Å². The highest BCUT2D eigenvalue weighted by atomic mass is 35.5. The lowest BCUT2D eigenvalue weighted by Gasteiger charge is -2.14. The Morgan fingerprint density at radius 2 is 2.32 bits per heavy atom. The van der Waals surface area contributed by atoms with E-state index in [4.69, 9.17) is 11.6 Å². The summed E-state index contributed by atoms with van der Waals surface area (Å²) in [5.41, 5.74) is 2.08. The molecule has 1 saturated heterocycles. The number of fused-ring (bicyclic) bond motifs is 1. The third-order valence-electron chi connectivity index (χ3n) is 3.71. The van der Waals surface area contributed by atoms with Gasteiger partial charge in [0, 0.05) is 25.5 Å². The first-order chi connectivity index (χ1) is 9.24. The van der Waals surface area contributed by atoms with Gasteiger partial charge in [0.25, 0.3) is 0 Å². The number of hydrogen-bond acceptors (Lipinski definition) is 3. The van der Waals surface area contributed by atoms with Crippen LogP contribution in [0.5, 0.6) is 0 Å². The van der Waals surface area contributed by atoms with E-state index in [1.54, 1.807) is 0 Å². The summed E-state index contributed by atoms with van der Waals surface area (Å²) in [4.78, 5) is 7.11. The standard InChI is InChI=1S/C14H19ClN4/c1-16-6-11-4-5-18(7-11)9-13-10-19-8-12(15)2-3-14(19)17-13/h2-3,8,10-11,16H,4-7,9H2,1H3. The molecular weight excluding hydrogens is 260 g/mol. The molecule has 4 nitrogen and oxygen atoms in total. The zero-order chi connectivity index (χ0) is 13.2. The van der Waals surface area contributed by atoms with E-state index in [0.717, 1.165) is 41.9 Å². The molecule has 0 bridgehead atoms. The van der Waals surface area contributed by atoms with Crippen LogP contribution in [0, 0.1) is 5.92 Å². The molecule has 102 valence electrons. The van der Waals surface area contributed by atoms with Crippen molar-refractivity contribution >= 4 is 17.2 Å². The fraction of sp³-hybridized carbons (Fsp3) is 0.500. The number of aromatic nitrogens is 2. The predicted octanol–water partition coefficient (Wildman–Crippen LogP) is 2.03. The van der Waals surface area contributed by atoms with Crippen LogP contribution < -0.4 is 5.32 Å². The predicted molar refractivity (Wildman–Crippen MR) is 77.5 cm³/mol. The third-order valence-corrected chi connectivity index (χ3v) is 3.94. The molecule has 1 atom stereocenters. The highest BCUT2D eigenvalue weighted by Gasteiger charge is 2.22.